The quantitative estimate of drug-likeness (QED) is 0.670. The Balaban J connectivity index is 2.03. The average molecular weight is 297 g/mol. The number of aryl methyl sites for hydroxylation is 1. The Labute approximate surface area is 127 Å². The topological polar surface area (TPSA) is 39.2 Å². The number of hydrogen-bond acceptors (Lipinski definition) is 4. The molecule has 0 aliphatic heterocycles. The van der Waals surface area contributed by atoms with Crippen LogP contribution in [0.5, 0.6) is 0 Å². The van der Waals surface area contributed by atoms with Crippen molar-refractivity contribution in [3.8, 4) is 10.6 Å². The summed E-state index contributed by atoms with van der Waals surface area (Å²) in [5.74, 6) is -0.307. The zero-order chi connectivity index (χ0) is 14.8. The van der Waals surface area contributed by atoms with Gasteiger partial charge in [0.25, 0.3) is 0 Å². The lowest BCUT2D eigenvalue weighted by Gasteiger charge is -2.05. The number of aromatic nitrogens is 1. The van der Waals surface area contributed by atoms with Crippen molar-refractivity contribution in [2.45, 2.75) is 13.8 Å². The number of nitrogens with zero attached hydrogens (tertiary/aromatic N) is 1. The zero-order valence-corrected chi connectivity index (χ0v) is 12.7. The van der Waals surface area contributed by atoms with Crippen molar-refractivity contribution < 1.29 is 9.53 Å². The van der Waals surface area contributed by atoms with Crippen LogP contribution < -0.4 is 0 Å². The summed E-state index contributed by atoms with van der Waals surface area (Å²) in [6.45, 7) is 4.26. The molecule has 0 bridgehead atoms. The molecular weight excluding hydrogens is 282 g/mol. The molecule has 0 saturated carbocycles. The molecule has 1 aromatic heterocycles. The van der Waals surface area contributed by atoms with Gasteiger partial charge in [-0.05, 0) is 42.3 Å². The summed E-state index contributed by atoms with van der Waals surface area (Å²) in [6.07, 6.45) is 1.59. The highest BCUT2D eigenvalue weighted by atomic mass is 32.1. The van der Waals surface area contributed by atoms with Crippen molar-refractivity contribution in [2.75, 3.05) is 6.61 Å². The van der Waals surface area contributed by atoms with Crippen LogP contribution in [-0.4, -0.2) is 17.6 Å². The van der Waals surface area contributed by atoms with Crippen molar-refractivity contribution in [3.05, 3.63) is 53.0 Å². The van der Waals surface area contributed by atoms with E-state index >= 15 is 0 Å². The molecule has 3 nitrogen and oxygen atoms in total. The van der Waals surface area contributed by atoms with Crippen LogP contribution in [0, 0.1) is 6.92 Å². The average Bonchev–Trinajstić information content (AvgIpc) is 2.97. The first-order valence-corrected chi connectivity index (χ1v) is 7.63. The number of rotatable bonds is 3. The van der Waals surface area contributed by atoms with Gasteiger partial charge in [-0.25, -0.2) is 9.78 Å². The van der Waals surface area contributed by atoms with Gasteiger partial charge in [0.15, 0.2) is 0 Å². The molecule has 0 aliphatic carbocycles. The van der Waals surface area contributed by atoms with E-state index in [1.54, 1.807) is 13.1 Å². The van der Waals surface area contributed by atoms with Crippen molar-refractivity contribution in [1.82, 2.24) is 4.98 Å². The largest absolute Gasteiger partial charge is 0.462 e. The Hall–Kier alpha value is -2.20. The maximum Gasteiger partial charge on any atom is 0.349 e. The first kappa shape index (κ1) is 13.8. The van der Waals surface area contributed by atoms with Crippen LogP contribution in [0.15, 0.2) is 42.6 Å². The lowest BCUT2D eigenvalue weighted by Crippen LogP contribution is -2.01. The normalized spacial score (nSPS) is 10.8. The molecule has 3 rings (SSSR count). The summed E-state index contributed by atoms with van der Waals surface area (Å²) < 4.78 is 5.00. The van der Waals surface area contributed by atoms with Crippen LogP contribution in [0.2, 0.25) is 0 Å². The van der Waals surface area contributed by atoms with Gasteiger partial charge in [0.05, 0.1) is 12.8 Å². The molecule has 0 fully saturated rings. The molecule has 0 radical (unpaired) electrons. The minimum atomic E-state index is -0.307. The molecular formula is C17H15NO2S. The monoisotopic (exact) mass is 297 g/mol. The second kappa shape index (κ2) is 5.66. The highest BCUT2D eigenvalue weighted by molar-refractivity contribution is 7.16. The van der Waals surface area contributed by atoms with Crippen LogP contribution in [0.25, 0.3) is 21.3 Å². The fraction of sp³-hybridized carbons (Fsp3) is 0.176. The maximum atomic E-state index is 11.7. The standard InChI is InChI=1S/C17H15NO2S/c1-3-20-17(19)15-10-18-16(21-15)13-8-11(2)14-7-5-4-6-12(14)9-13/h4-10H,3H2,1-2H3. The van der Waals surface area contributed by atoms with E-state index in [0.717, 1.165) is 10.6 Å². The molecule has 3 aromatic rings. The van der Waals surface area contributed by atoms with Crippen LogP contribution in [0.1, 0.15) is 22.2 Å². The number of fused-ring (bicyclic) bond motifs is 1. The third-order valence-electron chi connectivity index (χ3n) is 3.30. The highest BCUT2D eigenvalue weighted by Gasteiger charge is 2.13. The molecule has 0 spiro atoms. The number of carbonyl (C=O) groups is 1. The minimum absolute atomic E-state index is 0.307. The first-order valence-electron chi connectivity index (χ1n) is 6.81. The molecule has 0 unspecified atom stereocenters. The Morgan fingerprint density at radius 3 is 2.90 bits per heavy atom. The van der Waals surface area contributed by atoms with Crippen molar-refractivity contribution in [1.29, 1.82) is 0 Å². The van der Waals surface area contributed by atoms with E-state index in [4.69, 9.17) is 4.74 Å². The van der Waals surface area contributed by atoms with Gasteiger partial charge in [-0.3, -0.25) is 0 Å². The van der Waals surface area contributed by atoms with Gasteiger partial charge >= 0.3 is 5.97 Å². The summed E-state index contributed by atoms with van der Waals surface area (Å²) >= 11 is 1.37. The number of hydrogen-bond donors (Lipinski definition) is 0. The molecule has 0 atom stereocenters. The van der Waals surface area contributed by atoms with Crippen LogP contribution >= 0.6 is 11.3 Å². The lowest BCUT2D eigenvalue weighted by molar-refractivity contribution is 0.0532. The van der Waals surface area contributed by atoms with Gasteiger partial charge in [0.1, 0.15) is 9.88 Å². The van der Waals surface area contributed by atoms with Crippen molar-refractivity contribution in [2.24, 2.45) is 0 Å². The van der Waals surface area contributed by atoms with Gasteiger partial charge in [-0.1, -0.05) is 24.3 Å². The third-order valence-corrected chi connectivity index (χ3v) is 4.32. The Morgan fingerprint density at radius 1 is 1.29 bits per heavy atom. The van der Waals surface area contributed by atoms with Crippen molar-refractivity contribution in [3.63, 3.8) is 0 Å². The molecule has 106 valence electrons. The molecule has 0 N–H and O–H groups in total. The first-order chi connectivity index (χ1) is 10.2. The highest BCUT2D eigenvalue weighted by Crippen LogP contribution is 2.30. The number of carbonyl (C=O) groups excluding carboxylic acids is 1. The molecule has 0 saturated heterocycles. The number of ether oxygens (including phenoxy) is 1. The summed E-state index contributed by atoms with van der Waals surface area (Å²) in [6, 6.07) is 12.5. The van der Waals surface area contributed by atoms with Crippen LogP contribution in [0.4, 0.5) is 0 Å². The van der Waals surface area contributed by atoms with E-state index in [2.05, 4.69) is 36.2 Å². The van der Waals surface area contributed by atoms with Crippen LogP contribution in [-0.2, 0) is 4.74 Å². The van der Waals surface area contributed by atoms with E-state index in [1.807, 2.05) is 12.1 Å². The summed E-state index contributed by atoms with van der Waals surface area (Å²) in [5, 5.41) is 3.26. The predicted molar refractivity (Wildman–Crippen MR) is 85.7 cm³/mol. The van der Waals surface area contributed by atoms with E-state index in [1.165, 1.54) is 27.7 Å². The Kier molecular flexibility index (Phi) is 3.71. The Morgan fingerprint density at radius 2 is 2.10 bits per heavy atom. The second-order valence-corrected chi connectivity index (χ2v) is 5.80. The van der Waals surface area contributed by atoms with Gasteiger partial charge < -0.3 is 4.74 Å². The van der Waals surface area contributed by atoms with E-state index < -0.39 is 0 Å². The molecule has 0 aliphatic rings. The SMILES string of the molecule is CCOC(=O)c1cnc(-c2cc(C)c3ccccc3c2)s1. The van der Waals surface area contributed by atoms with Gasteiger partial charge in [0.2, 0.25) is 0 Å². The molecule has 0 amide bonds. The van der Waals surface area contributed by atoms with E-state index in [9.17, 15) is 4.79 Å². The fourth-order valence-corrected chi connectivity index (χ4v) is 3.13. The summed E-state index contributed by atoms with van der Waals surface area (Å²) in [5.41, 5.74) is 2.24. The molecule has 2 aromatic carbocycles. The van der Waals surface area contributed by atoms with Gasteiger partial charge in [-0.15, -0.1) is 11.3 Å². The summed E-state index contributed by atoms with van der Waals surface area (Å²) in [4.78, 5) is 16.6. The van der Waals surface area contributed by atoms with E-state index in [0.29, 0.717) is 11.5 Å². The van der Waals surface area contributed by atoms with Gasteiger partial charge in [0, 0.05) is 5.56 Å². The predicted octanol–water partition coefficient (Wildman–Crippen LogP) is 4.45. The summed E-state index contributed by atoms with van der Waals surface area (Å²) in [7, 11) is 0. The van der Waals surface area contributed by atoms with Crippen LogP contribution in [0.3, 0.4) is 0 Å². The van der Waals surface area contributed by atoms with E-state index in [-0.39, 0.29) is 5.97 Å². The lowest BCUT2D eigenvalue weighted by atomic mass is 10.0. The van der Waals surface area contributed by atoms with Gasteiger partial charge in [-0.2, -0.15) is 0 Å². The minimum Gasteiger partial charge on any atom is -0.462 e. The third kappa shape index (κ3) is 2.67. The Bertz CT molecular complexity index is 807. The number of benzene rings is 2. The van der Waals surface area contributed by atoms with Crippen molar-refractivity contribution >= 4 is 28.1 Å². The molecule has 21 heavy (non-hydrogen) atoms. The second-order valence-electron chi connectivity index (χ2n) is 4.76. The molecule has 4 heteroatoms. The maximum absolute atomic E-state index is 11.7. The number of thiazole rings is 1. The molecule has 1 heterocycles. The zero-order valence-electron chi connectivity index (χ0n) is 11.9. The smallest absolute Gasteiger partial charge is 0.349 e. The fourth-order valence-electron chi connectivity index (χ4n) is 2.33. The number of esters is 1.